The minimum atomic E-state index is -2.49. The minimum absolute atomic E-state index is 0.309. The molecule has 96 valence electrons. The fourth-order valence-corrected chi connectivity index (χ4v) is 4.38. The monoisotopic (exact) mass is 246 g/mol. The van der Waals surface area contributed by atoms with Crippen LogP contribution in [-0.2, 0) is 13.3 Å². The fourth-order valence-electron chi connectivity index (χ4n) is 1.64. The van der Waals surface area contributed by atoms with Gasteiger partial charge in [-0.2, -0.15) is 0 Å². The quantitative estimate of drug-likeness (QED) is 0.461. The lowest BCUT2D eigenvalue weighted by Crippen LogP contribution is -2.49. The predicted molar refractivity (Wildman–Crippen MR) is 69.5 cm³/mol. The van der Waals surface area contributed by atoms with E-state index in [9.17, 15) is 0 Å². The zero-order valence-corrected chi connectivity index (χ0v) is 12.3. The molecule has 0 fully saturated rings. The molecule has 0 bridgehead atoms. The molecule has 0 spiro atoms. The van der Waals surface area contributed by atoms with Gasteiger partial charge >= 0.3 is 8.80 Å². The van der Waals surface area contributed by atoms with Crippen molar-refractivity contribution in [2.75, 3.05) is 19.8 Å². The van der Waals surface area contributed by atoms with Gasteiger partial charge in [0.05, 0.1) is 0 Å². The van der Waals surface area contributed by atoms with Crippen LogP contribution in [-0.4, -0.2) is 28.6 Å². The molecule has 16 heavy (non-hydrogen) atoms. The lowest BCUT2D eigenvalue weighted by molar-refractivity contribution is 0.0627. The lowest BCUT2D eigenvalue weighted by Gasteiger charge is -2.33. The highest BCUT2D eigenvalue weighted by atomic mass is 28.4. The average molecular weight is 246 g/mol. The Bertz CT molecular complexity index is 178. The van der Waals surface area contributed by atoms with Gasteiger partial charge in [0, 0.05) is 25.4 Å². The van der Waals surface area contributed by atoms with Crippen molar-refractivity contribution in [3.8, 4) is 0 Å². The molecule has 0 aliphatic rings. The Labute approximate surface area is 101 Å². The standard InChI is InChI=1S/C12H26O3Si/c1-6-10-11-12(5)16(13-7-2,14-8-3)15-9-4/h6,10,12H,7-9,11H2,1-5H3. The van der Waals surface area contributed by atoms with Gasteiger partial charge in [-0.1, -0.05) is 19.1 Å². The third-order valence-corrected chi connectivity index (χ3v) is 5.88. The third-order valence-electron chi connectivity index (χ3n) is 2.37. The second kappa shape index (κ2) is 8.93. The number of allylic oxidation sites excluding steroid dienone is 2. The van der Waals surface area contributed by atoms with Crippen molar-refractivity contribution in [2.24, 2.45) is 0 Å². The first-order valence-electron chi connectivity index (χ1n) is 6.19. The van der Waals surface area contributed by atoms with Crippen molar-refractivity contribution < 1.29 is 13.3 Å². The van der Waals surface area contributed by atoms with Gasteiger partial charge in [0.2, 0.25) is 0 Å². The predicted octanol–water partition coefficient (Wildman–Crippen LogP) is 3.39. The molecule has 0 heterocycles. The molecule has 0 aromatic rings. The van der Waals surface area contributed by atoms with Crippen LogP contribution in [0.4, 0.5) is 0 Å². The lowest BCUT2D eigenvalue weighted by atomic mass is 10.3. The Kier molecular flexibility index (Phi) is 8.84. The normalized spacial score (nSPS) is 14.6. The van der Waals surface area contributed by atoms with E-state index in [-0.39, 0.29) is 0 Å². The zero-order chi connectivity index (χ0) is 12.4. The second-order valence-electron chi connectivity index (χ2n) is 3.61. The van der Waals surface area contributed by atoms with Crippen molar-refractivity contribution in [3.05, 3.63) is 12.2 Å². The molecule has 3 nitrogen and oxygen atoms in total. The van der Waals surface area contributed by atoms with E-state index in [2.05, 4.69) is 19.1 Å². The Morgan fingerprint density at radius 1 is 1.00 bits per heavy atom. The number of rotatable bonds is 9. The third kappa shape index (κ3) is 4.78. The van der Waals surface area contributed by atoms with Gasteiger partial charge < -0.3 is 13.3 Å². The highest BCUT2D eigenvalue weighted by Crippen LogP contribution is 2.29. The molecule has 0 N–H and O–H groups in total. The van der Waals surface area contributed by atoms with Gasteiger partial charge in [0.1, 0.15) is 0 Å². The van der Waals surface area contributed by atoms with Crippen LogP contribution in [0.2, 0.25) is 5.54 Å². The van der Waals surface area contributed by atoms with Gasteiger partial charge in [-0.05, 0) is 34.1 Å². The summed E-state index contributed by atoms with van der Waals surface area (Å²) >= 11 is 0. The number of hydrogen-bond donors (Lipinski definition) is 0. The molecule has 0 rings (SSSR count). The topological polar surface area (TPSA) is 27.7 Å². The summed E-state index contributed by atoms with van der Waals surface area (Å²) in [7, 11) is -2.49. The van der Waals surface area contributed by atoms with Gasteiger partial charge in [0.15, 0.2) is 0 Å². The van der Waals surface area contributed by atoms with Gasteiger partial charge in [-0.3, -0.25) is 0 Å². The maximum Gasteiger partial charge on any atom is 0.504 e. The molecule has 1 unspecified atom stereocenters. The van der Waals surface area contributed by atoms with E-state index in [1.165, 1.54) is 0 Å². The van der Waals surface area contributed by atoms with Crippen LogP contribution in [0, 0.1) is 0 Å². The van der Waals surface area contributed by atoms with E-state index in [0.717, 1.165) is 6.42 Å². The molecule has 0 radical (unpaired) electrons. The first kappa shape index (κ1) is 15.8. The summed E-state index contributed by atoms with van der Waals surface area (Å²) in [4.78, 5) is 0. The van der Waals surface area contributed by atoms with Crippen LogP contribution >= 0.6 is 0 Å². The number of hydrogen-bond acceptors (Lipinski definition) is 3. The summed E-state index contributed by atoms with van der Waals surface area (Å²) in [5, 5.41) is 0. The Morgan fingerprint density at radius 2 is 1.44 bits per heavy atom. The SMILES string of the molecule is CC=CCC(C)[Si](OCC)(OCC)OCC. The molecule has 0 saturated heterocycles. The van der Waals surface area contributed by atoms with E-state index in [4.69, 9.17) is 13.3 Å². The van der Waals surface area contributed by atoms with E-state index in [1.807, 2.05) is 27.7 Å². The highest BCUT2D eigenvalue weighted by Gasteiger charge is 2.45. The first-order valence-corrected chi connectivity index (χ1v) is 8.00. The van der Waals surface area contributed by atoms with Crippen molar-refractivity contribution in [1.82, 2.24) is 0 Å². The Hall–Kier alpha value is -0.163. The van der Waals surface area contributed by atoms with Crippen LogP contribution in [0.25, 0.3) is 0 Å². The molecule has 0 aromatic carbocycles. The average Bonchev–Trinajstić information content (AvgIpc) is 2.26. The van der Waals surface area contributed by atoms with Crippen molar-refractivity contribution >= 4 is 8.80 Å². The summed E-state index contributed by atoms with van der Waals surface area (Å²) in [6, 6.07) is 0. The van der Waals surface area contributed by atoms with Gasteiger partial charge in [0.25, 0.3) is 0 Å². The molecule has 1 atom stereocenters. The molecule has 0 aliphatic carbocycles. The van der Waals surface area contributed by atoms with Crippen molar-refractivity contribution in [2.45, 2.75) is 46.6 Å². The zero-order valence-electron chi connectivity index (χ0n) is 11.3. The fraction of sp³-hybridized carbons (Fsp3) is 0.833. The maximum absolute atomic E-state index is 5.83. The van der Waals surface area contributed by atoms with Crippen LogP contribution in [0.15, 0.2) is 12.2 Å². The van der Waals surface area contributed by atoms with Gasteiger partial charge in [-0.25, -0.2) is 0 Å². The molecule has 0 aromatic heterocycles. The Balaban J connectivity index is 4.67. The molecule has 0 amide bonds. The van der Waals surface area contributed by atoms with Crippen LogP contribution in [0.3, 0.4) is 0 Å². The van der Waals surface area contributed by atoms with Crippen LogP contribution < -0.4 is 0 Å². The van der Waals surface area contributed by atoms with E-state index < -0.39 is 8.80 Å². The summed E-state index contributed by atoms with van der Waals surface area (Å²) in [5.74, 6) is 0. The van der Waals surface area contributed by atoms with E-state index in [1.54, 1.807) is 0 Å². The van der Waals surface area contributed by atoms with Gasteiger partial charge in [-0.15, -0.1) is 0 Å². The maximum atomic E-state index is 5.83. The molecule has 0 aliphatic heterocycles. The second-order valence-corrected chi connectivity index (χ2v) is 6.67. The van der Waals surface area contributed by atoms with Crippen molar-refractivity contribution in [3.63, 3.8) is 0 Å². The summed E-state index contributed by atoms with van der Waals surface area (Å²) in [5.41, 5.74) is 0.309. The summed E-state index contributed by atoms with van der Waals surface area (Å²) in [6.45, 7) is 12.1. The van der Waals surface area contributed by atoms with Crippen LogP contribution in [0.1, 0.15) is 41.0 Å². The minimum Gasteiger partial charge on any atom is -0.374 e. The molecule has 4 heteroatoms. The van der Waals surface area contributed by atoms with Crippen LogP contribution in [0.5, 0.6) is 0 Å². The largest absolute Gasteiger partial charge is 0.504 e. The smallest absolute Gasteiger partial charge is 0.374 e. The molecule has 0 saturated carbocycles. The van der Waals surface area contributed by atoms with E-state index >= 15 is 0 Å². The highest BCUT2D eigenvalue weighted by molar-refractivity contribution is 6.62. The molecular weight excluding hydrogens is 220 g/mol. The van der Waals surface area contributed by atoms with Crippen molar-refractivity contribution in [1.29, 1.82) is 0 Å². The summed E-state index contributed by atoms with van der Waals surface area (Å²) < 4.78 is 17.5. The first-order chi connectivity index (χ1) is 7.66. The van der Waals surface area contributed by atoms with E-state index in [0.29, 0.717) is 25.4 Å². The Morgan fingerprint density at radius 3 is 1.75 bits per heavy atom. The molecular formula is C12H26O3Si. The summed E-state index contributed by atoms with van der Waals surface area (Å²) in [6.07, 6.45) is 5.14.